The number of thioether (sulfide) groups is 1. The van der Waals surface area contributed by atoms with Gasteiger partial charge in [-0.15, -0.1) is 11.8 Å². The van der Waals surface area contributed by atoms with E-state index >= 15 is 0 Å². The summed E-state index contributed by atoms with van der Waals surface area (Å²) in [6, 6.07) is -0.158. The van der Waals surface area contributed by atoms with Gasteiger partial charge in [0.05, 0.1) is 12.6 Å². The van der Waals surface area contributed by atoms with Crippen molar-refractivity contribution in [2.45, 2.75) is 6.04 Å². The number of nitrogens with one attached hydrogen (secondary N) is 1. The summed E-state index contributed by atoms with van der Waals surface area (Å²) < 4.78 is 0. The summed E-state index contributed by atoms with van der Waals surface area (Å²) in [6.45, 7) is -0.0122. The van der Waals surface area contributed by atoms with Gasteiger partial charge in [-0.1, -0.05) is 0 Å². The summed E-state index contributed by atoms with van der Waals surface area (Å²) in [5, 5.41) is 3.03. The van der Waals surface area contributed by atoms with Crippen molar-refractivity contribution in [3.05, 3.63) is 0 Å². The van der Waals surface area contributed by atoms with Crippen molar-refractivity contribution >= 4 is 23.6 Å². The highest BCUT2D eigenvalue weighted by Gasteiger charge is 2.25. The molecule has 1 saturated heterocycles. The maximum absolute atomic E-state index is 11.5. The molecule has 5 nitrogen and oxygen atoms in total. The lowest BCUT2D eigenvalue weighted by atomic mass is 10.3. The van der Waals surface area contributed by atoms with Crippen molar-refractivity contribution in [2.75, 3.05) is 25.2 Å². The van der Waals surface area contributed by atoms with E-state index in [1.54, 1.807) is 18.8 Å². The lowest BCUT2D eigenvalue weighted by Crippen LogP contribution is -2.45. The third-order valence-electron chi connectivity index (χ3n) is 1.78. The molecule has 2 amide bonds. The Morgan fingerprint density at radius 3 is 2.85 bits per heavy atom. The molecule has 1 aliphatic heterocycles. The van der Waals surface area contributed by atoms with Gasteiger partial charge >= 0.3 is 0 Å². The second-order valence-corrected chi connectivity index (χ2v) is 3.96. The first-order chi connectivity index (χ1) is 6.11. The molecule has 0 aromatic carbocycles. The first-order valence-corrected chi connectivity index (χ1v) is 5.11. The molecule has 1 heterocycles. The fourth-order valence-electron chi connectivity index (χ4n) is 1.13. The molecule has 1 aliphatic rings. The Morgan fingerprint density at radius 1 is 1.69 bits per heavy atom. The van der Waals surface area contributed by atoms with Crippen molar-refractivity contribution in [2.24, 2.45) is 5.73 Å². The normalized spacial score (nSPS) is 21.5. The summed E-state index contributed by atoms with van der Waals surface area (Å²) in [5.74, 6) is 1.01. The summed E-state index contributed by atoms with van der Waals surface area (Å²) >= 11 is 1.67. The van der Waals surface area contributed by atoms with Crippen LogP contribution < -0.4 is 11.1 Å². The van der Waals surface area contributed by atoms with Gasteiger partial charge in [0.25, 0.3) is 0 Å². The molecule has 0 radical (unpaired) electrons. The molecule has 3 N–H and O–H groups in total. The molecule has 1 unspecified atom stereocenters. The molecule has 1 atom stereocenters. The third-order valence-corrected chi connectivity index (χ3v) is 2.72. The minimum absolute atomic E-state index is 0.0122. The average molecular weight is 203 g/mol. The van der Waals surface area contributed by atoms with Crippen LogP contribution >= 0.6 is 11.8 Å². The van der Waals surface area contributed by atoms with Crippen LogP contribution in [-0.4, -0.2) is 48.0 Å². The van der Waals surface area contributed by atoms with Crippen LogP contribution in [0.2, 0.25) is 0 Å². The summed E-state index contributed by atoms with van der Waals surface area (Å²) in [4.78, 5) is 23.4. The van der Waals surface area contributed by atoms with Crippen LogP contribution in [0.25, 0.3) is 0 Å². The minimum atomic E-state index is -0.485. The molecule has 0 aliphatic carbocycles. The first-order valence-electron chi connectivity index (χ1n) is 3.95. The molecule has 0 aromatic heterocycles. The molecule has 1 rings (SSSR count). The van der Waals surface area contributed by atoms with E-state index in [1.165, 1.54) is 4.90 Å². The number of likely N-dealkylation sites (N-methyl/N-ethyl adjacent to an activating group) is 1. The zero-order valence-electron chi connectivity index (χ0n) is 7.45. The number of primary amides is 1. The van der Waals surface area contributed by atoms with Crippen molar-refractivity contribution in [3.8, 4) is 0 Å². The van der Waals surface area contributed by atoms with Crippen LogP contribution in [0.15, 0.2) is 0 Å². The van der Waals surface area contributed by atoms with Crippen LogP contribution in [0.4, 0.5) is 0 Å². The molecule has 74 valence electrons. The van der Waals surface area contributed by atoms with E-state index in [0.717, 1.165) is 11.6 Å². The summed E-state index contributed by atoms with van der Waals surface area (Å²) in [5.41, 5.74) is 4.97. The molecule has 13 heavy (non-hydrogen) atoms. The number of nitrogens with zero attached hydrogens (tertiary/aromatic N) is 1. The fraction of sp³-hybridized carbons (Fsp3) is 0.714. The lowest BCUT2D eigenvalue weighted by molar-refractivity contribution is -0.134. The smallest absolute Gasteiger partial charge is 0.240 e. The second-order valence-electron chi connectivity index (χ2n) is 2.93. The average Bonchev–Trinajstić information content (AvgIpc) is 2.53. The maximum Gasteiger partial charge on any atom is 0.240 e. The largest absolute Gasteiger partial charge is 0.368 e. The molecule has 0 saturated carbocycles. The number of rotatable bonds is 3. The van der Waals surface area contributed by atoms with Crippen LogP contribution in [0.3, 0.4) is 0 Å². The standard InChI is InChI=1S/C7H13N3O2S/c1-10(2-6(8)11)7(12)5-3-13-4-9-5/h5,9H,2-4H2,1H3,(H2,8,11). The van der Waals surface area contributed by atoms with Gasteiger partial charge in [-0.2, -0.15) is 0 Å². The Labute approximate surface area is 81.0 Å². The first kappa shape index (κ1) is 10.3. The van der Waals surface area contributed by atoms with E-state index in [0.29, 0.717) is 0 Å². The van der Waals surface area contributed by atoms with Crippen molar-refractivity contribution in [3.63, 3.8) is 0 Å². The summed E-state index contributed by atoms with van der Waals surface area (Å²) in [7, 11) is 1.58. The second kappa shape index (κ2) is 4.48. The van der Waals surface area contributed by atoms with E-state index in [9.17, 15) is 9.59 Å². The third kappa shape index (κ3) is 2.89. The molecule has 1 fully saturated rings. The maximum atomic E-state index is 11.5. The highest BCUT2D eigenvalue weighted by atomic mass is 32.2. The predicted molar refractivity (Wildman–Crippen MR) is 51.1 cm³/mol. The highest BCUT2D eigenvalue weighted by Crippen LogP contribution is 2.10. The number of carbonyl (C=O) groups is 2. The Kier molecular flexibility index (Phi) is 3.56. The monoisotopic (exact) mass is 203 g/mol. The molecule has 0 spiro atoms. The molecule has 0 aromatic rings. The number of carbonyl (C=O) groups excluding carboxylic acids is 2. The van der Waals surface area contributed by atoms with E-state index in [2.05, 4.69) is 5.32 Å². The predicted octanol–water partition coefficient (Wildman–Crippen LogP) is -1.41. The fourth-order valence-corrected chi connectivity index (χ4v) is 2.06. The molecule has 0 bridgehead atoms. The number of hydrogen-bond acceptors (Lipinski definition) is 4. The molecule has 6 heteroatoms. The topological polar surface area (TPSA) is 75.4 Å². The Hall–Kier alpha value is -0.750. The van der Waals surface area contributed by atoms with Gasteiger partial charge in [0.2, 0.25) is 11.8 Å². The van der Waals surface area contributed by atoms with Crippen LogP contribution in [0.1, 0.15) is 0 Å². The molecular weight excluding hydrogens is 190 g/mol. The summed E-state index contributed by atoms with van der Waals surface area (Å²) in [6.07, 6.45) is 0. The van der Waals surface area contributed by atoms with Gasteiger partial charge in [0, 0.05) is 18.7 Å². The van der Waals surface area contributed by atoms with E-state index < -0.39 is 5.91 Å². The zero-order valence-corrected chi connectivity index (χ0v) is 8.26. The van der Waals surface area contributed by atoms with Crippen molar-refractivity contribution in [1.29, 1.82) is 0 Å². The van der Waals surface area contributed by atoms with Crippen LogP contribution in [0, 0.1) is 0 Å². The van der Waals surface area contributed by atoms with E-state index in [-0.39, 0.29) is 18.5 Å². The quantitative estimate of drug-likeness (QED) is 0.591. The van der Waals surface area contributed by atoms with E-state index in [1.807, 2.05) is 0 Å². The van der Waals surface area contributed by atoms with Gasteiger partial charge in [-0.05, 0) is 0 Å². The van der Waals surface area contributed by atoms with Gasteiger partial charge in [0.1, 0.15) is 0 Å². The van der Waals surface area contributed by atoms with Crippen LogP contribution in [0.5, 0.6) is 0 Å². The van der Waals surface area contributed by atoms with Crippen LogP contribution in [-0.2, 0) is 9.59 Å². The van der Waals surface area contributed by atoms with Gasteiger partial charge in [-0.3, -0.25) is 14.9 Å². The number of amides is 2. The lowest BCUT2D eigenvalue weighted by Gasteiger charge is -2.18. The zero-order chi connectivity index (χ0) is 9.84. The number of nitrogens with two attached hydrogens (primary N) is 1. The Balaban J connectivity index is 2.41. The van der Waals surface area contributed by atoms with Gasteiger partial charge in [0.15, 0.2) is 0 Å². The SMILES string of the molecule is CN(CC(N)=O)C(=O)C1CSCN1. The van der Waals surface area contributed by atoms with Crippen molar-refractivity contribution in [1.82, 2.24) is 10.2 Å². The van der Waals surface area contributed by atoms with Gasteiger partial charge in [-0.25, -0.2) is 0 Å². The van der Waals surface area contributed by atoms with Gasteiger partial charge < -0.3 is 10.6 Å². The molecular formula is C7H13N3O2S. The van der Waals surface area contributed by atoms with E-state index in [4.69, 9.17) is 5.73 Å². The minimum Gasteiger partial charge on any atom is -0.368 e. The highest BCUT2D eigenvalue weighted by molar-refractivity contribution is 7.99. The Morgan fingerprint density at radius 2 is 2.38 bits per heavy atom. The number of hydrogen-bond donors (Lipinski definition) is 2. The Bertz CT molecular complexity index is 216. The van der Waals surface area contributed by atoms with Crippen molar-refractivity contribution < 1.29 is 9.59 Å².